The lowest BCUT2D eigenvalue weighted by Gasteiger charge is -2.26. The molecule has 1 aliphatic rings. The zero-order valence-electron chi connectivity index (χ0n) is 17.3. The van der Waals surface area contributed by atoms with Crippen LogP contribution in [0.1, 0.15) is 48.4 Å². The van der Waals surface area contributed by atoms with E-state index in [0.717, 1.165) is 29.0 Å². The number of carbonyl (C=O) groups excluding carboxylic acids is 1. The van der Waals surface area contributed by atoms with E-state index in [1.54, 1.807) is 6.92 Å². The summed E-state index contributed by atoms with van der Waals surface area (Å²) in [4.78, 5) is 15.0. The first-order chi connectivity index (χ1) is 13.5. The summed E-state index contributed by atoms with van der Waals surface area (Å²) in [5.41, 5.74) is 4.70. The van der Waals surface area contributed by atoms with Crippen molar-refractivity contribution in [1.29, 1.82) is 0 Å². The summed E-state index contributed by atoms with van der Waals surface area (Å²) in [5, 5.41) is 3.00. The number of rotatable bonds is 7. The van der Waals surface area contributed by atoms with Crippen molar-refractivity contribution in [2.24, 2.45) is 0 Å². The van der Waals surface area contributed by atoms with Gasteiger partial charge in [0.2, 0.25) is 0 Å². The number of nitrogens with zero attached hydrogens (tertiary/aromatic N) is 1. The van der Waals surface area contributed by atoms with Crippen LogP contribution in [0.5, 0.6) is 5.75 Å². The third-order valence-electron chi connectivity index (χ3n) is 5.19. The number of nitrogens with one attached hydrogen (secondary N) is 1. The van der Waals surface area contributed by atoms with Crippen LogP contribution in [0.15, 0.2) is 42.5 Å². The van der Waals surface area contributed by atoms with Crippen molar-refractivity contribution in [3.63, 3.8) is 0 Å². The monoisotopic (exact) mass is 380 g/mol. The molecule has 1 aliphatic heterocycles. The summed E-state index contributed by atoms with van der Waals surface area (Å²) in [6.45, 7) is 9.74. The number of likely N-dealkylation sites (tertiary alicyclic amines) is 1. The maximum absolute atomic E-state index is 12.4. The summed E-state index contributed by atoms with van der Waals surface area (Å²) >= 11 is 0. The highest BCUT2D eigenvalue weighted by molar-refractivity contribution is 5.80. The van der Waals surface area contributed by atoms with Crippen LogP contribution >= 0.6 is 0 Å². The van der Waals surface area contributed by atoms with Crippen molar-refractivity contribution in [2.45, 2.75) is 59.2 Å². The van der Waals surface area contributed by atoms with E-state index in [4.69, 9.17) is 4.74 Å². The Morgan fingerprint density at radius 3 is 2.43 bits per heavy atom. The minimum absolute atomic E-state index is 0.0967. The molecule has 0 aliphatic carbocycles. The van der Waals surface area contributed by atoms with Crippen molar-refractivity contribution in [1.82, 2.24) is 10.2 Å². The molecular weight excluding hydrogens is 348 g/mol. The van der Waals surface area contributed by atoms with Gasteiger partial charge in [0.25, 0.3) is 5.91 Å². The summed E-state index contributed by atoms with van der Waals surface area (Å²) in [6.07, 6.45) is 3.42. The Bertz CT molecular complexity index is 777. The van der Waals surface area contributed by atoms with Gasteiger partial charge in [-0.2, -0.15) is 0 Å². The third kappa shape index (κ3) is 6.10. The van der Waals surface area contributed by atoms with Gasteiger partial charge in [-0.3, -0.25) is 9.69 Å². The predicted molar refractivity (Wildman–Crippen MR) is 113 cm³/mol. The average Bonchev–Trinajstić information content (AvgIpc) is 2.66. The van der Waals surface area contributed by atoms with E-state index in [2.05, 4.69) is 40.5 Å². The van der Waals surface area contributed by atoms with Crippen molar-refractivity contribution < 1.29 is 9.53 Å². The van der Waals surface area contributed by atoms with Gasteiger partial charge in [0.15, 0.2) is 6.10 Å². The first-order valence-electron chi connectivity index (χ1n) is 10.3. The van der Waals surface area contributed by atoms with Crippen molar-refractivity contribution in [3.8, 4) is 5.75 Å². The normalized spacial score (nSPS) is 15.8. The van der Waals surface area contributed by atoms with E-state index in [-0.39, 0.29) is 5.91 Å². The average molecular weight is 381 g/mol. The molecule has 1 fully saturated rings. The lowest BCUT2D eigenvalue weighted by molar-refractivity contribution is -0.127. The Balaban J connectivity index is 1.51. The number of amides is 1. The second-order valence-corrected chi connectivity index (χ2v) is 7.96. The highest BCUT2D eigenvalue weighted by Crippen LogP contribution is 2.18. The van der Waals surface area contributed by atoms with Crippen LogP contribution in [0.3, 0.4) is 0 Å². The fraction of sp³-hybridized carbons (Fsp3) is 0.458. The molecule has 0 radical (unpaired) electrons. The Labute approximate surface area is 168 Å². The molecule has 1 N–H and O–H groups in total. The van der Waals surface area contributed by atoms with E-state index in [9.17, 15) is 4.79 Å². The summed E-state index contributed by atoms with van der Waals surface area (Å²) in [5.74, 6) is 0.643. The Hall–Kier alpha value is -2.33. The predicted octanol–water partition coefficient (Wildman–Crippen LogP) is 4.37. The number of piperidine rings is 1. The van der Waals surface area contributed by atoms with Gasteiger partial charge in [-0.1, -0.05) is 36.8 Å². The van der Waals surface area contributed by atoms with Crippen LogP contribution in [0.4, 0.5) is 0 Å². The number of ether oxygens (including phenoxy) is 1. The Morgan fingerprint density at radius 2 is 1.71 bits per heavy atom. The molecule has 3 rings (SSSR count). The highest BCUT2D eigenvalue weighted by Gasteiger charge is 2.15. The molecule has 1 saturated heterocycles. The van der Waals surface area contributed by atoms with E-state index >= 15 is 0 Å². The van der Waals surface area contributed by atoms with Crippen molar-refractivity contribution >= 4 is 5.91 Å². The molecule has 0 bridgehead atoms. The van der Waals surface area contributed by atoms with E-state index in [1.165, 1.54) is 37.9 Å². The van der Waals surface area contributed by atoms with Crippen LogP contribution in [-0.2, 0) is 17.9 Å². The molecule has 4 nitrogen and oxygen atoms in total. The number of benzene rings is 2. The van der Waals surface area contributed by atoms with Crippen LogP contribution in [0.2, 0.25) is 0 Å². The SMILES string of the molecule is Cc1cc(C)cc(OC(C)C(=O)NCc2cccc(CN3CCCCC3)c2)c1. The molecule has 2 aromatic rings. The van der Waals surface area contributed by atoms with Gasteiger partial charge in [-0.25, -0.2) is 0 Å². The minimum Gasteiger partial charge on any atom is -0.481 e. The molecule has 0 aromatic heterocycles. The number of carbonyl (C=O) groups is 1. The van der Waals surface area contributed by atoms with Crippen molar-refractivity contribution in [2.75, 3.05) is 13.1 Å². The first-order valence-corrected chi connectivity index (χ1v) is 10.3. The van der Waals surface area contributed by atoms with Crippen LogP contribution in [-0.4, -0.2) is 30.0 Å². The molecule has 0 spiro atoms. The van der Waals surface area contributed by atoms with Crippen LogP contribution in [0, 0.1) is 13.8 Å². The lowest BCUT2D eigenvalue weighted by Crippen LogP contribution is -2.36. The molecule has 4 heteroatoms. The smallest absolute Gasteiger partial charge is 0.261 e. The molecule has 0 saturated carbocycles. The molecule has 150 valence electrons. The molecule has 1 heterocycles. The van der Waals surface area contributed by atoms with Gasteiger partial charge >= 0.3 is 0 Å². The first kappa shape index (κ1) is 20.4. The standard InChI is InChI=1S/C24H32N2O2/c1-18-12-19(2)14-23(13-18)28-20(3)24(27)25-16-21-8-7-9-22(15-21)17-26-10-5-4-6-11-26/h7-9,12-15,20H,4-6,10-11,16-17H2,1-3H3,(H,25,27). The largest absolute Gasteiger partial charge is 0.481 e. The van der Waals surface area contributed by atoms with Gasteiger partial charge in [0.1, 0.15) is 5.75 Å². The van der Waals surface area contributed by atoms with Gasteiger partial charge in [0, 0.05) is 13.1 Å². The molecule has 28 heavy (non-hydrogen) atoms. The fourth-order valence-corrected chi connectivity index (χ4v) is 3.81. The number of hydrogen-bond donors (Lipinski definition) is 1. The number of hydrogen-bond acceptors (Lipinski definition) is 3. The topological polar surface area (TPSA) is 41.6 Å². The van der Waals surface area contributed by atoms with E-state index < -0.39 is 6.10 Å². The second kappa shape index (κ2) is 9.74. The van der Waals surface area contributed by atoms with E-state index in [1.807, 2.05) is 26.0 Å². The third-order valence-corrected chi connectivity index (χ3v) is 5.19. The summed E-state index contributed by atoms with van der Waals surface area (Å²) in [6, 6.07) is 14.5. The number of aryl methyl sites for hydroxylation is 2. The molecular formula is C24H32N2O2. The van der Waals surface area contributed by atoms with Gasteiger partial charge < -0.3 is 10.1 Å². The zero-order valence-corrected chi connectivity index (χ0v) is 17.3. The second-order valence-electron chi connectivity index (χ2n) is 7.96. The molecule has 1 unspecified atom stereocenters. The lowest BCUT2D eigenvalue weighted by atomic mass is 10.1. The zero-order chi connectivity index (χ0) is 19.9. The highest BCUT2D eigenvalue weighted by atomic mass is 16.5. The van der Waals surface area contributed by atoms with Gasteiger partial charge in [-0.15, -0.1) is 0 Å². The summed E-state index contributed by atoms with van der Waals surface area (Å²) in [7, 11) is 0. The van der Waals surface area contributed by atoms with Crippen LogP contribution in [0.25, 0.3) is 0 Å². The van der Waals surface area contributed by atoms with Crippen molar-refractivity contribution in [3.05, 3.63) is 64.7 Å². The van der Waals surface area contributed by atoms with Crippen LogP contribution < -0.4 is 10.1 Å². The Kier molecular flexibility index (Phi) is 7.10. The molecule has 1 atom stereocenters. The quantitative estimate of drug-likeness (QED) is 0.775. The maximum Gasteiger partial charge on any atom is 0.261 e. The maximum atomic E-state index is 12.4. The summed E-state index contributed by atoms with van der Waals surface area (Å²) < 4.78 is 5.83. The van der Waals surface area contributed by atoms with E-state index in [0.29, 0.717) is 6.54 Å². The molecule has 2 aromatic carbocycles. The van der Waals surface area contributed by atoms with Gasteiger partial charge in [0.05, 0.1) is 0 Å². The minimum atomic E-state index is -0.530. The Morgan fingerprint density at radius 1 is 1.04 bits per heavy atom. The molecule has 1 amide bonds. The fourth-order valence-electron chi connectivity index (χ4n) is 3.81. The van der Waals surface area contributed by atoms with Gasteiger partial charge in [-0.05, 0) is 81.1 Å².